The van der Waals surface area contributed by atoms with E-state index in [9.17, 15) is 13.2 Å². The van der Waals surface area contributed by atoms with E-state index >= 15 is 0 Å². The van der Waals surface area contributed by atoms with Crippen LogP contribution in [0.3, 0.4) is 0 Å². The van der Waals surface area contributed by atoms with Gasteiger partial charge in [-0.25, -0.2) is 0 Å². The van der Waals surface area contributed by atoms with Crippen LogP contribution in [0.4, 0.5) is 18.9 Å². The van der Waals surface area contributed by atoms with Gasteiger partial charge in [0.05, 0.1) is 11.9 Å². The maximum Gasteiger partial charge on any atom is 0.404 e. The number of rotatable bonds is 0. The first-order chi connectivity index (χ1) is 10.2. The van der Waals surface area contributed by atoms with E-state index in [4.69, 9.17) is 0 Å². The van der Waals surface area contributed by atoms with Gasteiger partial charge in [-0.3, -0.25) is 4.98 Å². The quantitative estimate of drug-likeness (QED) is 0.659. The topological polar surface area (TPSA) is 16.1 Å². The number of nitrogens with zero attached hydrogens (tertiary/aromatic N) is 2. The fraction of sp³-hybridized carbons (Fsp3) is 0.588. The highest BCUT2D eigenvalue weighted by Crippen LogP contribution is 2.37. The number of hydrogen-bond donors (Lipinski definition) is 0. The minimum Gasteiger partial charge on any atom is -0.373 e. The number of anilines is 1. The molecule has 5 heteroatoms. The van der Waals surface area contributed by atoms with Crippen molar-refractivity contribution in [2.45, 2.75) is 46.7 Å². The van der Waals surface area contributed by atoms with Crippen LogP contribution >= 0.6 is 0 Å². The van der Waals surface area contributed by atoms with Gasteiger partial charge in [-0.1, -0.05) is 25.7 Å². The summed E-state index contributed by atoms with van der Waals surface area (Å²) in [6.07, 6.45) is 0.772. The molecule has 1 aromatic heterocycles. The molecule has 1 aliphatic rings. The lowest BCUT2D eigenvalue weighted by atomic mass is 9.92. The average molecular weight is 312 g/mol. The van der Waals surface area contributed by atoms with Crippen LogP contribution in [0, 0.1) is 17.3 Å². The third-order valence-electron chi connectivity index (χ3n) is 3.58. The Kier molecular flexibility index (Phi) is 5.87. The third kappa shape index (κ3) is 3.94. The summed E-state index contributed by atoms with van der Waals surface area (Å²) in [5, 5.41) is 0. The third-order valence-corrected chi connectivity index (χ3v) is 3.58. The van der Waals surface area contributed by atoms with Crippen LogP contribution in [0.2, 0.25) is 0 Å². The van der Waals surface area contributed by atoms with Crippen LogP contribution in [0.15, 0.2) is 12.4 Å². The zero-order valence-electron chi connectivity index (χ0n) is 13.8. The molecule has 0 unspecified atom stereocenters. The van der Waals surface area contributed by atoms with Crippen molar-refractivity contribution >= 4 is 5.69 Å². The summed E-state index contributed by atoms with van der Waals surface area (Å²) in [6, 6.07) is 0. The summed E-state index contributed by atoms with van der Waals surface area (Å²) in [7, 11) is 1.95. The maximum atomic E-state index is 12.8. The molecule has 0 aromatic carbocycles. The van der Waals surface area contributed by atoms with E-state index in [2.05, 4.69) is 21.7 Å². The molecule has 2 heterocycles. The van der Waals surface area contributed by atoms with E-state index in [1.807, 2.05) is 20.9 Å². The predicted molar refractivity (Wildman–Crippen MR) is 83.9 cm³/mol. The molecule has 0 saturated heterocycles. The van der Waals surface area contributed by atoms with Crippen molar-refractivity contribution < 1.29 is 13.2 Å². The monoisotopic (exact) mass is 312 g/mol. The van der Waals surface area contributed by atoms with Crippen LogP contribution in [0.5, 0.6) is 0 Å². The second kappa shape index (κ2) is 7.04. The van der Waals surface area contributed by atoms with Gasteiger partial charge in [0.25, 0.3) is 0 Å². The van der Waals surface area contributed by atoms with Crippen molar-refractivity contribution in [2.24, 2.45) is 5.41 Å². The first-order valence-electron chi connectivity index (χ1n) is 7.50. The molecule has 2 rings (SSSR count). The van der Waals surface area contributed by atoms with Gasteiger partial charge >= 0.3 is 6.18 Å². The molecule has 0 atom stereocenters. The number of hydrogen-bond acceptors (Lipinski definition) is 2. The Morgan fingerprint density at radius 3 is 2.41 bits per heavy atom. The minimum absolute atomic E-state index is 0.603. The molecule has 1 aliphatic heterocycles. The Bertz CT molecular complexity index is 565. The van der Waals surface area contributed by atoms with Crippen molar-refractivity contribution in [1.29, 1.82) is 0 Å². The van der Waals surface area contributed by atoms with Gasteiger partial charge in [-0.05, 0) is 32.3 Å². The Morgan fingerprint density at radius 1 is 1.18 bits per heavy atom. The predicted octanol–water partition coefficient (Wildman–Crippen LogP) is 4.43. The van der Waals surface area contributed by atoms with Crippen molar-refractivity contribution in [3.8, 4) is 11.8 Å². The lowest BCUT2D eigenvalue weighted by Gasteiger charge is -2.27. The van der Waals surface area contributed by atoms with Gasteiger partial charge in [-0.2, -0.15) is 13.2 Å². The van der Waals surface area contributed by atoms with Crippen molar-refractivity contribution in [3.63, 3.8) is 0 Å². The van der Waals surface area contributed by atoms with Gasteiger partial charge in [0.1, 0.15) is 5.41 Å². The Hall–Kier alpha value is -1.70. The number of pyridine rings is 1. The van der Waals surface area contributed by atoms with Crippen molar-refractivity contribution in [2.75, 3.05) is 18.5 Å². The van der Waals surface area contributed by atoms with E-state index in [1.165, 1.54) is 0 Å². The Morgan fingerprint density at radius 2 is 1.82 bits per heavy atom. The summed E-state index contributed by atoms with van der Waals surface area (Å²) in [5.41, 5.74) is 0.550. The average Bonchev–Trinajstić information content (AvgIpc) is 2.46. The second-order valence-corrected chi connectivity index (χ2v) is 5.58. The largest absolute Gasteiger partial charge is 0.404 e. The summed E-state index contributed by atoms with van der Waals surface area (Å²) in [5.74, 6) is 5.03. The normalized spacial score (nSPS) is 14.3. The van der Waals surface area contributed by atoms with Gasteiger partial charge in [-0.15, -0.1) is 0 Å². The fourth-order valence-electron chi connectivity index (χ4n) is 2.08. The smallest absolute Gasteiger partial charge is 0.373 e. The molecule has 0 fully saturated rings. The number of aromatic nitrogens is 1. The molecular weight excluding hydrogens is 289 g/mol. The first-order valence-corrected chi connectivity index (χ1v) is 7.50. The Labute approximate surface area is 130 Å². The Balaban J connectivity index is 0.00000116. The van der Waals surface area contributed by atoms with Crippen molar-refractivity contribution in [3.05, 3.63) is 23.5 Å². The maximum absolute atomic E-state index is 12.8. The lowest BCUT2D eigenvalue weighted by Crippen LogP contribution is -2.30. The molecular formula is C17H23F3N2. The second-order valence-electron chi connectivity index (χ2n) is 5.58. The molecule has 0 radical (unpaired) electrons. The SMILES string of the molecule is CC.CN1CCCc2c(C#CC(C)(C)C(F)(F)F)cncc21. The molecule has 0 aliphatic carbocycles. The van der Waals surface area contributed by atoms with Crippen LogP contribution < -0.4 is 4.90 Å². The zero-order valence-corrected chi connectivity index (χ0v) is 13.8. The summed E-state index contributed by atoms with van der Waals surface area (Å²) >= 11 is 0. The molecule has 1 aromatic rings. The van der Waals surface area contributed by atoms with Crippen molar-refractivity contribution in [1.82, 2.24) is 4.98 Å². The summed E-state index contributed by atoms with van der Waals surface area (Å²) < 4.78 is 38.4. The summed E-state index contributed by atoms with van der Waals surface area (Å²) in [4.78, 5) is 6.15. The highest BCUT2D eigenvalue weighted by atomic mass is 19.4. The van der Waals surface area contributed by atoms with E-state index in [1.54, 1.807) is 12.4 Å². The molecule has 2 nitrogen and oxygen atoms in total. The molecule has 122 valence electrons. The van der Waals surface area contributed by atoms with E-state index in [0.717, 1.165) is 44.5 Å². The lowest BCUT2D eigenvalue weighted by molar-refractivity contribution is -0.190. The molecule has 0 saturated carbocycles. The van der Waals surface area contributed by atoms with Gasteiger partial charge in [0, 0.05) is 25.4 Å². The molecule has 0 bridgehead atoms. The van der Waals surface area contributed by atoms with E-state index < -0.39 is 11.6 Å². The van der Waals surface area contributed by atoms with Gasteiger partial charge in [0.2, 0.25) is 0 Å². The van der Waals surface area contributed by atoms with Gasteiger partial charge < -0.3 is 4.90 Å². The standard InChI is InChI=1S/C15H17F3N2.C2H6/c1-14(2,15(16,17)18)7-6-11-9-19-10-13-12(11)5-4-8-20(13)3;1-2/h9-10H,4-5,8H2,1-3H3;1-2H3. The number of fused-ring (bicyclic) bond motifs is 1. The zero-order chi connectivity index (χ0) is 17.0. The highest BCUT2D eigenvalue weighted by Gasteiger charge is 2.46. The van der Waals surface area contributed by atoms with Gasteiger partial charge in [0.15, 0.2) is 0 Å². The molecule has 0 N–H and O–H groups in total. The molecule has 0 amide bonds. The molecule has 22 heavy (non-hydrogen) atoms. The molecule has 0 spiro atoms. The van der Waals surface area contributed by atoms with E-state index in [0.29, 0.717) is 5.56 Å². The fourth-order valence-corrected chi connectivity index (χ4v) is 2.08. The van der Waals surface area contributed by atoms with Crippen LogP contribution in [0.25, 0.3) is 0 Å². The summed E-state index contributed by atoms with van der Waals surface area (Å²) in [6.45, 7) is 7.11. The van der Waals surface area contributed by atoms with Crippen LogP contribution in [0.1, 0.15) is 45.2 Å². The van der Waals surface area contributed by atoms with E-state index in [-0.39, 0.29) is 0 Å². The number of alkyl halides is 3. The minimum atomic E-state index is -4.33. The first kappa shape index (κ1) is 18.3. The highest BCUT2D eigenvalue weighted by molar-refractivity contribution is 5.60. The number of halogens is 3. The van der Waals surface area contributed by atoms with Crippen LogP contribution in [-0.4, -0.2) is 24.8 Å². The van der Waals surface area contributed by atoms with Crippen LogP contribution in [-0.2, 0) is 6.42 Å².